The fourth-order valence-electron chi connectivity index (χ4n) is 3.13. The lowest BCUT2D eigenvalue weighted by atomic mass is 10.0. The number of carbonyl (C=O) groups is 1. The minimum absolute atomic E-state index is 0.115. The lowest BCUT2D eigenvalue weighted by molar-refractivity contribution is -0.139. The molecule has 0 atom stereocenters. The number of aliphatic carboxylic acids is 1. The van der Waals surface area contributed by atoms with Gasteiger partial charge in [0.15, 0.2) is 6.61 Å². The van der Waals surface area contributed by atoms with Gasteiger partial charge in [0.1, 0.15) is 23.2 Å². The van der Waals surface area contributed by atoms with Gasteiger partial charge < -0.3 is 15.6 Å². The Morgan fingerprint density at radius 3 is 2.24 bits per heavy atom. The Morgan fingerprint density at radius 1 is 1.00 bits per heavy atom. The van der Waals surface area contributed by atoms with Crippen molar-refractivity contribution in [2.24, 2.45) is 0 Å². The van der Waals surface area contributed by atoms with Gasteiger partial charge in [0.2, 0.25) is 10.0 Å². The summed E-state index contributed by atoms with van der Waals surface area (Å²) in [4.78, 5) is 10.3. The minimum Gasteiger partial charge on any atom is -0.481 e. The molecule has 0 radical (unpaired) electrons. The molecule has 0 aliphatic rings. The number of hydrogen-bond acceptors (Lipinski definition) is 5. The summed E-state index contributed by atoms with van der Waals surface area (Å²) in [5, 5.41) is 8.90. The Bertz CT molecular complexity index is 1270. The van der Waals surface area contributed by atoms with Crippen LogP contribution in [0.15, 0.2) is 59.5 Å². The topological polar surface area (TPSA) is 110 Å². The highest BCUT2D eigenvalue weighted by atomic mass is 32.2. The van der Waals surface area contributed by atoms with Crippen LogP contribution >= 0.6 is 0 Å². The third-order valence-corrected chi connectivity index (χ3v) is 6.36. The van der Waals surface area contributed by atoms with Crippen LogP contribution in [0.5, 0.6) is 5.75 Å². The number of halogens is 3. The van der Waals surface area contributed by atoms with Gasteiger partial charge in [-0.25, -0.2) is 26.4 Å². The van der Waals surface area contributed by atoms with Crippen molar-refractivity contribution in [3.05, 3.63) is 77.6 Å². The van der Waals surface area contributed by atoms with Crippen LogP contribution in [-0.4, -0.2) is 37.5 Å². The molecule has 7 nitrogen and oxygen atoms in total. The van der Waals surface area contributed by atoms with E-state index in [0.29, 0.717) is 23.8 Å². The molecule has 3 aromatic carbocycles. The van der Waals surface area contributed by atoms with Gasteiger partial charge in [-0.15, -0.1) is 0 Å². The number of nitrogens with two attached hydrogens (primary N) is 1. The minimum atomic E-state index is -4.24. The third kappa shape index (κ3) is 5.82. The first-order valence-electron chi connectivity index (χ1n) is 9.42. The second-order valence-electron chi connectivity index (χ2n) is 7.15. The second-order valence-corrected chi connectivity index (χ2v) is 9.20. The zero-order chi connectivity index (χ0) is 24.3. The maximum Gasteiger partial charge on any atom is 0.341 e. The normalized spacial score (nSPS) is 11.5. The van der Waals surface area contributed by atoms with Crippen molar-refractivity contribution in [3.63, 3.8) is 0 Å². The SMILES string of the molecule is CN(Cc1ccc(OCC(=O)O)c(-c2cc(N)cc(F)c2)c1)S(=O)(=O)c1cc(F)cc(F)c1. The standard InChI is InChI=1S/C22H19F3N2O5S/c1-27(33(30,31)19-9-16(24)7-17(25)10-19)11-13-2-3-21(32-12-22(28)29)20(4-13)14-5-15(23)8-18(26)6-14/h2-10H,11-12,26H2,1H3,(H,28,29). The number of anilines is 1. The van der Waals surface area contributed by atoms with Crippen molar-refractivity contribution in [1.29, 1.82) is 0 Å². The number of rotatable bonds is 8. The van der Waals surface area contributed by atoms with E-state index >= 15 is 0 Å². The molecule has 0 unspecified atom stereocenters. The number of nitrogens with zero attached hydrogens (tertiary/aromatic N) is 1. The monoisotopic (exact) mass is 480 g/mol. The lowest BCUT2D eigenvalue weighted by Crippen LogP contribution is -2.26. The van der Waals surface area contributed by atoms with Crippen molar-refractivity contribution in [3.8, 4) is 16.9 Å². The quantitative estimate of drug-likeness (QED) is 0.477. The Labute approximate surface area is 187 Å². The van der Waals surface area contributed by atoms with Gasteiger partial charge >= 0.3 is 5.97 Å². The molecule has 0 aromatic heterocycles. The van der Waals surface area contributed by atoms with E-state index in [2.05, 4.69) is 0 Å². The van der Waals surface area contributed by atoms with E-state index in [4.69, 9.17) is 15.6 Å². The van der Waals surface area contributed by atoms with E-state index < -0.39 is 44.9 Å². The predicted molar refractivity (Wildman–Crippen MR) is 114 cm³/mol. The van der Waals surface area contributed by atoms with Crippen molar-refractivity contribution >= 4 is 21.7 Å². The van der Waals surface area contributed by atoms with Gasteiger partial charge in [0.05, 0.1) is 4.90 Å². The number of nitrogen functional groups attached to an aromatic ring is 1. The fourth-order valence-corrected chi connectivity index (χ4v) is 4.34. The first-order chi connectivity index (χ1) is 15.5. The molecule has 174 valence electrons. The molecule has 0 spiro atoms. The summed E-state index contributed by atoms with van der Waals surface area (Å²) < 4.78 is 72.6. The molecule has 0 saturated carbocycles. The van der Waals surface area contributed by atoms with Gasteiger partial charge in [-0.05, 0) is 53.6 Å². The molecule has 33 heavy (non-hydrogen) atoms. The zero-order valence-corrected chi connectivity index (χ0v) is 18.1. The number of sulfonamides is 1. The molecule has 0 fully saturated rings. The van der Waals surface area contributed by atoms with Crippen LogP contribution in [0.2, 0.25) is 0 Å². The summed E-state index contributed by atoms with van der Waals surface area (Å²) in [6, 6.07) is 10.1. The van der Waals surface area contributed by atoms with Gasteiger partial charge in [0.25, 0.3) is 0 Å². The maximum atomic E-state index is 13.9. The first kappa shape index (κ1) is 24.1. The van der Waals surface area contributed by atoms with Gasteiger partial charge in [-0.3, -0.25) is 0 Å². The summed E-state index contributed by atoms with van der Waals surface area (Å²) in [7, 11) is -3.01. The number of benzene rings is 3. The van der Waals surface area contributed by atoms with E-state index in [0.717, 1.165) is 10.4 Å². The second kappa shape index (κ2) is 9.51. The summed E-state index contributed by atoms with van der Waals surface area (Å²) in [5.41, 5.74) is 6.81. The van der Waals surface area contributed by atoms with Crippen LogP contribution in [-0.2, 0) is 21.4 Å². The van der Waals surface area contributed by atoms with Crippen LogP contribution in [0.1, 0.15) is 5.56 Å². The molecule has 0 aliphatic heterocycles. The molecule has 0 saturated heterocycles. The Morgan fingerprint density at radius 2 is 1.64 bits per heavy atom. The Hall–Kier alpha value is -3.57. The lowest BCUT2D eigenvalue weighted by Gasteiger charge is -2.19. The van der Waals surface area contributed by atoms with E-state index in [1.165, 1.54) is 37.4 Å². The van der Waals surface area contributed by atoms with Gasteiger partial charge in [-0.1, -0.05) is 6.07 Å². The average molecular weight is 480 g/mol. The van der Waals surface area contributed by atoms with Crippen molar-refractivity contribution < 1.29 is 36.2 Å². The molecule has 3 rings (SSSR count). The molecule has 0 bridgehead atoms. The molecule has 0 amide bonds. The third-order valence-electron chi connectivity index (χ3n) is 4.58. The van der Waals surface area contributed by atoms with Crippen LogP contribution in [0, 0.1) is 17.5 Å². The van der Waals surface area contributed by atoms with Crippen molar-refractivity contribution in [2.75, 3.05) is 19.4 Å². The smallest absolute Gasteiger partial charge is 0.341 e. The van der Waals surface area contributed by atoms with E-state index in [-0.39, 0.29) is 29.1 Å². The first-order valence-corrected chi connectivity index (χ1v) is 10.9. The average Bonchev–Trinajstić information content (AvgIpc) is 2.71. The summed E-state index contributed by atoms with van der Waals surface area (Å²) in [5.74, 6) is -3.81. The zero-order valence-electron chi connectivity index (χ0n) is 17.3. The molecule has 0 heterocycles. The Kier molecular flexibility index (Phi) is 6.94. The number of hydrogen-bond donors (Lipinski definition) is 2. The van der Waals surface area contributed by atoms with E-state index in [1.54, 1.807) is 0 Å². The van der Waals surface area contributed by atoms with Crippen molar-refractivity contribution in [2.45, 2.75) is 11.4 Å². The summed E-state index contributed by atoms with van der Waals surface area (Å²) >= 11 is 0. The number of ether oxygens (including phenoxy) is 1. The molecular weight excluding hydrogens is 461 g/mol. The largest absolute Gasteiger partial charge is 0.481 e. The van der Waals surface area contributed by atoms with Crippen LogP contribution in [0.3, 0.4) is 0 Å². The molecule has 11 heteroatoms. The van der Waals surface area contributed by atoms with E-state index in [9.17, 15) is 26.4 Å². The van der Waals surface area contributed by atoms with Gasteiger partial charge in [-0.2, -0.15) is 4.31 Å². The highest BCUT2D eigenvalue weighted by Gasteiger charge is 2.23. The molecule has 3 aromatic rings. The molecule has 0 aliphatic carbocycles. The molecule has 3 N–H and O–H groups in total. The fraction of sp³-hybridized carbons (Fsp3) is 0.136. The number of carboxylic acid groups (broad SMARTS) is 1. The number of carboxylic acids is 1. The van der Waals surface area contributed by atoms with Crippen LogP contribution in [0.25, 0.3) is 11.1 Å². The highest BCUT2D eigenvalue weighted by molar-refractivity contribution is 7.89. The van der Waals surface area contributed by atoms with Crippen LogP contribution in [0.4, 0.5) is 18.9 Å². The Balaban J connectivity index is 1.98. The predicted octanol–water partition coefficient (Wildman–Crippen LogP) is 3.64. The summed E-state index contributed by atoms with van der Waals surface area (Å²) in [6.07, 6.45) is 0. The van der Waals surface area contributed by atoms with Crippen molar-refractivity contribution in [1.82, 2.24) is 4.31 Å². The highest BCUT2D eigenvalue weighted by Crippen LogP contribution is 2.33. The van der Waals surface area contributed by atoms with Crippen LogP contribution < -0.4 is 10.5 Å². The summed E-state index contributed by atoms with van der Waals surface area (Å²) in [6.45, 7) is -0.867. The maximum absolute atomic E-state index is 13.9. The molecular formula is C22H19F3N2O5S. The van der Waals surface area contributed by atoms with E-state index in [1.807, 2.05) is 0 Å². The van der Waals surface area contributed by atoms with Gasteiger partial charge in [0, 0.05) is 30.9 Å².